The maximum absolute atomic E-state index is 13.7. The molecule has 2 aliphatic rings. The molecule has 1 aromatic heterocycles. The molecule has 0 saturated carbocycles. The van der Waals surface area contributed by atoms with Gasteiger partial charge in [-0.1, -0.05) is 17.7 Å². The molecule has 2 aliphatic heterocycles. The number of aromatic nitrogens is 1. The molecule has 4 rings (SSSR count). The number of halogens is 2. The highest BCUT2D eigenvalue weighted by molar-refractivity contribution is 6.31. The number of aliphatic imine (C=N–C) groups is 1. The number of carbonyl (C=O) groups excluding carboxylic acids is 1. The smallest absolute Gasteiger partial charge is 0.338 e. The molecular weight excluding hydrogens is 423 g/mol. The summed E-state index contributed by atoms with van der Waals surface area (Å²) in [6, 6.07) is 6.98. The average molecular weight is 445 g/mol. The Kier molecular flexibility index (Phi) is 6.60. The second kappa shape index (κ2) is 9.55. The van der Waals surface area contributed by atoms with Gasteiger partial charge in [-0.05, 0) is 24.3 Å². The molecule has 1 fully saturated rings. The molecular formula is C22H22ClFN4O3. The van der Waals surface area contributed by atoms with E-state index in [1.54, 1.807) is 18.5 Å². The van der Waals surface area contributed by atoms with Crippen LogP contribution < -0.4 is 5.32 Å². The van der Waals surface area contributed by atoms with E-state index in [9.17, 15) is 9.18 Å². The number of esters is 1. The lowest BCUT2D eigenvalue weighted by Crippen LogP contribution is -2.43. The highest BCUT2D eigenvalue weighted by atomic mass is 35.5. The highest BCUT2D eigenvalue weighted by Crippen LogP contribution is 2.36. The summed E-state index contributed by atoms with van der Waals surface area (Å²) in [5.41, 5.74) is 2.35. The number of nitrogens with zero attached hydrogens (tertiary/aromatic N) is 3. The van der Waals surface area contributed by atoms with Gasteiger partial charge in [0.2, 0.25) is 0 Å². The Bertz CT molecular complexity index is 1020. The Morgan fingerprint density at radius 1 is 1.29 bits per heavy atom. The zero-order chi connectivity index (χ0) is 21.8. The van der Waals surface area contributed by atoms with Crippen molar-refractivity contribution >= 4 is 23.4 Å². The second-order valence-corrected chi connectivity index (χ2v) is 7.59. The number of morpholine rings is 1. The van der Waals surface area contributed by atoms with Crippen molar-refractivity contribution in [1.82, 2.24) is 15.2 Å². The summed E-state index contributed by atoms with van der Waals surface area (Å²) < 4.78 is 24.2. The van der Waals surface area contributed by atoms with E-state index in [1.165, 1.54) is 19.2 Å². The summed E-state index contributed by atoms with van der Waals surface area (Å²) in [7, 11) is 1.33. The van der Waals surface area contributed by atoms with Gasteiger partial charge in [0, 0.05) is 53.9 Å². The molecule has 1 saturated heterocycles. The highest BCUT2D eigenvalue weighted by Gasteiger charge is 2.34. The minimum atomic E-state index is -0.749. The van der Waals surface area contributed by atoms with Crippen LogP contribution in [0.3, 0.4) is 0 Å². The summed E-state index contributed by atoms with van der Waals surface area (Å²) in [4.78, 5) is 23.9. The van der Waals surface area contributed by atoms with Gasteiger partial charge >= 0.3 is 5.97 Å². The Labute approximate surface area is 184 Å². The van der Waals surface area contributed by atoms with Crippen LogP contribution in [0.5, 0.6) is 0 Å². The standard InChI is InChI=1S/C22H22ClFN4O3/c1-30-22(29)19-18(13-28-8-10-31-11-9-28)26-21(14-4-6-25-7-5-14)27-20(19)16-3-2-15(24)12-17(16)23/h2-7,12,20H,8-11,13H2,1H3,(H,26,27). The Morgan fingerprint density at radius 3 is 2.71 bits per heavy atom. The number of benzene rings is 1. The zero-order valence-electron chi connectivity index (χ0n) is 17.0. The summed E-state index contributed by atoms with van der Waals surface area (Å²) in [5, 5.41) is 3.51. The second-order valence-electron chi connectivity index (χ2n) is 7.18. The number of nitrogens with one attached hydrogen (secondary N) is 1. The van der Waals surface area contributed by atoms with Gasteiger partial charge in [-0.3, -0.25) is 14.9 Å². The number of pyridine rings is 1. The molecule has 1 unspecified atom stereocenters. The van der Waals surface area contributed by atoms with Crippen LogP contribution >= 0.6 is 11.6 Å². The van der Waals surface area contributed by atoms with Crippen LogP contribution in [0.2, 0.25) is 5.02 Å². The monoisotopic (exact) mass is 444 g/mol. The van der Waals surface area contributed by atoms with E-state index >= 15 is 0 Å². The third-order valence-corrected chi connectivity index (χ3v) is 5.55. The third-order valence-electron chi connectivity index (χ3n) is 5.23. The van der Waals surface area contributed by atoms with E-state index in [0.717, 1.165) is 18.7 Å². The van der Waals surface area contributed by atoms with Crippen LogP contribution in [0, 0.1) is 5.82 Å². The topological polar surface area (TPSA) is 76.0 Å². The van der Waals surface area contributed by atoms with Crippen molar-refractivity contribution in [3.8, 4) is 0 Å². The van der Waals surface area contributed by atoms with Crippen molar-refractivity contribution in [2.45, 2.75) is 6.04 Å². The molecule has 3 heterocycles. The first kappa shape index (κ1) is 21.4. The average Bonchev–Trinajstić information content (AvgIpc) is 2.79. The zero-order valence-corrected chi connectivity index (χ0v) is 17.7. The van der Waals surface area contributed by atoms with Gasteiger partial charge in [0.15, 0.2) is 0 Å². The SMILES string of the molecule is COC(=O)C1=C(CN2CCOCC2)NC(c2ccncc2)=NC1c1ccc(F)cc1Cl. The molecule has 1 N–H and O–H groups in total. The number of hydrogen-bond donors (Lipinski definition) is 1. The van der Waals surface area contributed by atoms with Crippen molar-refractivity contribution in [2.24, 2.45) is 4.99 Å². The first-order chi connectivity index (χ1) is 15.1. The third kappa shape index (κ3) is 4.76. The fourth-order valence-electron chi connectivity index (χ4n) is 3.66. The van der Waals surface area contributed by atoms with E-state index in [0.29, 0.717) is 42.4 Å². The summed E-state index contributed by atoms with van der Waals surface area (Å²) in [5.74, 6) is -0.402. The minimum Gasteiger partial charge on any atom is -0.466 e. The normalized spacial score (nSPS) is 19.6. The van der Waals surface area contributed by atoms with Gasteiger partial charge in [0.05, 0.1) is 25.9 Å². The molecule has 0 aliphatic carbocycles. The molecule has 0 bridgehead atoms. The van der Waals surface area contributed by atoms with Crippen molar-refractivity contribution in [3.05, 3.63) is 76.0 Å². The molecule has 0 spiro atoms. The van der Waals surface area contributed by atoms with Gasteiger partial charge < -0.3 is 14.8 Å². The maximum atomic E-state index is 13.7. The number of methoxy groups -OCH3 is 1. The summed E-state index contributed by atoms with van der Waals surface area (Å²) in [6.45, 7) is 3.21. The van der Waals surface area contributed by atoms with E-state index in [1.807, 2.05) is 12.1 Å². The molecule has 0 amide bonds. The first-order valence-electron chi connectivity index (χ1n) is 9.88. The molecule has 0 radical (unpaired) electrons. The lowest BCUT2D eigenvalue weighted by Gasteiger charge is -2.32. The molecule has 2 aromatic rings. The van der Waals surface area contributed by atoms with Crippen molar-refractivity contribution in [1.29, 1.82) is 0 Å². The van der Waals surface area contributed by atoms with Gasteiger partial charge in [0.25, 0.3) is 0 Å². The van der Waals surface area contributed by atoms with Gasteiger partial charge in [-0.15, -0.1) is 0 Å². The number of amidine groups is 1. The van der Waals surface area contributed by atoms with Crippen LogP contribution in [0.1, 0.15) is 17.2 Å². The van der Waals surface area contributed by atoms with Crippen molar-refractivity contribution < 1.29 is 18.7 Å². The first-order valence-corrected chi connectivity index (χ1v) is 10.3. The van der Waals surface area contributed by atoms with Crippen LogP contribution in [-0.2, 0) is 14.3 Å². The van der Waals surface area contributed by atoms with E-state index in [4.69, 9.17) is 26.1 Å². The number of ether oxygens (including phenoxy) is 2. The summed E-state index contributed by atoms with van der Waals surface area (Å²) >= 11 is 6.37. The van der Waals surface area contributed by atoms with Gasteiger partial charge in [-0.25, -0.2) is 9.18 Å². The lowest BCUT2D eigenvalue weighted by molar-refractivity contribution is -0.136. The van der Waals surface area contributed by atoms with E-state index in [-0.39, 0.29) is 5.02 Å². The number of carbonyl (C=O) groups is 1. The fraction of sp³-hybridized carbons (Fsp3) is 0.318. The maximum Gasteiger partial charge on any atom is 0.338 e. The van der Waals surface area contributed by atoms with E-state index < -0.39 is 17.8 Å². The van der Waals surface area contributed by atoms with Crippen LogP contribution in [-0.4, -0.2) is 61.6 Å². The van der Waals surface area contributed by atoms with Crippen molar-refractivity contribution in [3.63, 3.8) is 0 Å². The molecule has 162 valence electrons. The predicted molar refractivity (Wildman–Crippen MR) is 114 cm³/mol. The molecule has 31 heavy (non-hydrogen) atoms. The van der Waals surface area contributed by atoms with Gasteiger partial charge in [-0.2, -0.15) is 0 Å². The van der Waals surface area contributed by atoms with E-state index in [2.05, 4.69) is 15.2 Å². The molecule has 9 heteroatoms. The van der Waals surface area contributed by atoms with Crippen LogP contribution in [0.15, 0.2) is 59.0 Å². The minimum absolute atomic E-state index is 0.192. The lowest BCUT2D eigenvalue weighted by atomic mass is 9.94. The van der Waals surface area contributed by atoms with Crippen LogP contribution in [0.4, 0.5) is 4.39 Å². The molecule has 1 atom stereocenters. The Morgan fingerprint density at radius 2 is 2.03 bits per heavy atom. The quantitative estimate of drug-likeness (QED) is 0.715. The predicted octanol–water partition coefficient (Wildman–Crippen LogP) is 2.72. The van der Waals surface area contributed by atoms with Gasteiger partial charge in [0.1, 0.15) is 17.7 Å². The summed E-state index contributed by atoms with van der Waals surface area (Å²) in [6.07, 6.45) is 3.33. The fourth-order valence-corrected chi connectivity index (χ4v) is 3.93. The number of rotatable bonds is 5. The molecule has 1 aromatic carbocycles. The number of hydrogen-bond acceptors (Lipinski definition) is 7. The van der Waals surface area contributed by atoms with Crippen LogP contribution in [0.25, 0.3) is 0 Å². The largest absolute Gasteiger partial charge is 0.466 e. The Hall–Kier alpha value is -2.81. The van der Waals surface area contributed by atoms with Crippen molar-refractivity contribution in [2.75, 3.05) is 40.0 Å². The Balaban J connectivity index is 1.82. The molecule has 7 nitrogen and oxygen atoms in total.